The van der Waals surface area contributed by atoms with Gasteiger partial charge in [-0.2, -0.15) is 9.61 Å². The molecule has 0 bridgehead atoms. The molecule has 6 heteroatoms. The summed E-state index contributed by atoms with van der Waals surface area (Å²) < 4.78 is 11.4. The number of aromatic nitrogens is 2. The second-order valence-electron chi connectivity index (χ2n) is 3.91. The Labute approximate surface area is 107 Å². The number of fused-ring (bicyclic) bond motifs is 3. The smallest absolute Gasteiger partial charge is 0.358 e. The number of hydrogen-bond donors (Lipinski definition) is 0. The number of carbonyl (C=O) groups is 1. The maximum atomic E-state index is 11.8. The number of esters is 1. The SMILES string of the molecule is CCOC(=O)c1cc2oc(=O)c3ccccc3n2n1. The van der Waals surface area contributed by atoms with Gasteiger partial charge in [-0.25, -0.2) is 9.59 Å². The second-order valence-corrected chi connectivity index (χ2v) is 3.91. The van der Waals surface area contributed by atoms with Crippen molar-refractivity contribution < 1.29 is 13.9 Å². The average Bonchev–Trinajstić information content (AvgIpc) is 2.83. The van der Waals surface area contributed by atoms with Crippen molar-refractivity contribution >= 4 is 22.6 Å². The van der Waals surface area contributed by atoms with Gasteiger partial charge in [0.2, 0.25) is 5.71 Å². The van der Waals surface area contributed by atoms with Crippen molar-refractivity contribution in [2.75, 3.05) is 6.61 Å². The molecular weight excluding hydrogens is 248 g/mol. The van der Waals surface area contributed by atoms with Crippen LogP contribution < -0.4 is 5.63 Å². The zero-order chi connectivity index (χ0) is 13.4. The van der Waals surface area contributed by atoms with Crippen LogP contribution >= 0.6 is 0 Å². The Morgan fingerprint density at radius 1 is 1.42 bits per heavy atom. The molecule has 96 valence electrons. The van der Waals surface area contributed by atoms with E-state index in [9.17, 15) is 9.59 Å². The maximum absolute atomic E-state index is 11.8. The van der Waals surface area contributed by atoms with Crippen molar-refractivity contribution in [3.05, 3.63) is 46.4 Å². The van der Waals surface area contributed by atoms with Crippen LogP contribution in [-0.4, -0.2) is 22.2 Å². The molecule has 0 atom stereocenters. The zero-order valence-electron chi connectivity index (χ0n) is 10.1. The van der Waals surface area contributed by atoms with E-state index in [4.69, 9.17) is 9.15 Å². The van der Waals surface area contributed by atoms with E-state index in [1.165, 1.54) is 10.6 Å². The van der Waals surface area contributed by atoms with Gasteiger partial charge in [-0.15, -0.1) is 0 Å². The standard InChI is InChI=1S/C13H10N2O4/c1-2-18-13(17)9-7-11-15(14-9)10-6-4-3-5-8(10)12(16)19-11/h3-7H,2H2,1H3. The lowest BCUT2D eigenvalue weighted by Gasteiger charge is -1.98. The Bertz CT molecular complexity index is 831. The lowest BCUT2D eigenvalue weighted by molar-refractivity contribution is 0.0519. The topological polar surface area (TPSA) is 73.8 Å². The van der Waals surface area contributed by atoms with Crippen molar-refractivity contribution in [3.8, 4) is 0 Å². The van der Waals surface area contributed by atoms with Crippen LogP contribution in [0.15, 0.2) is 39.5 Å². The van der Waals surface area contributed by atoms with Gasteiger partial charge in [0, 0.05) is 6.07 Å². The highest BCUT2D eigenvalue weighted by atomic mass is 16.5. The van der Waals surface area contributed by atoms with Gasteiger partial charge in [0.1, 0.15) is 0 Å². The molecule has 3 aromatic rings. The molecule has 6 nitrogen and oxygen atoms in total. The first-order chi connectivity index (χ1) is 9.20. The molecule has 3 rings (SSSR count). The Morgan fingerprint density at radius 2 is 2.21 bits per heavy atom. The number of rotatable bonds is 2. The third-order valence-electron chi connectivity index (χ3n) is 2.71. The van der Waals surface area contributed by atoms with Crippen molar-refractivity contribution in [2.45, 2.75) is 6.92 Å². The molecule has 0 saturated carbocycles. The van der Waals surface area contributed by atoms with Gasteiger partial charge in [0.25, 0.3) is 0 Å². The Kier molecular flexibility index (Phi) is 2.56. The average molecular weight is 258 g/mol. The minimum atomic E-state index is -0.544. The summed E-state index contributed by atoms with van der Waals surface area (Å²) in [6.45, 7) is 1.97. The summed E-state index contributed by atoms with van der Waals surface area (Å²) in [4.78, 5) is 23.4. The summed E-state index contributed by atoms with van der Waals surface area (Å²) in [6.07, 6.45) is 0. The number of benzene rings is 1. The Hall–Kier alpha value is -2.63. The molecule has 0 amide bonds. The number of para-hydroxylation sites is 1. The van der Waals surface area contributed by atoms with E-state index in [1.807, 2.05) is 0 Å². The van der Waals surface area contributed by atoms with Gasteiger partial charge < -0.3 is 9.15 Å². The first-order valence-electron chi connectivity index (χ1n) is 5.79. The van der Waals surface area contributed by atoms with Crippen LogP contribution in [0.1, 0.15) is 17.4 Å². The molecular formula is C13H10N2O4. The van der Waals surface area contributed by atoms with Crippen molar-refractivity contribution in [2.24, 2.45) is 0 Å². The lowest BCUT2D eigenvalue weighted by atomic mass is 10.2. The first-order valence-corrected chi connectivity index (χ1v) is 5.79. The van der Waals surface area contributed by atoms with Crippen LogP contribution in [0, 0.1) is 0 Å². The van der Waals surface area contributed by atoms with Gasteiger partial charge in [-0.1, -0.05) is 12.1 Å². The monoisotopic (exact) mass is 258 g/mol. The van der Waals surface area contributed by atoms with E-state index in [2.05, 4.69) is 5.10 Å². The number of ether oxygens (including phenoxy) is 1. The predicted molar refractivity (Wildman–Crippen MR) is 67.2 cm³/mol. The van der Waals surface area contributed by atoms with Crippen LogP contribution in [0.25, 0.3) is 16.6 Å². The molecule has 2 heterocycles. The third kappa shape index (κ3) is 1.77. The van der Waals surface area contributed by atoms with Crippen LogP contribution in [0.5, 0.6) is 0 Å². The molecule has 0 aliphatic heterocycles. The van der Waals surface area contributed by atoms with Crippen molar-refractivity contribution in [1.82, 2.24) is 9.61 Å². The number of nitrogens with zero attached hydrogens (tertiary/aromatic N) is 2. The molecule has 0 fully saturated rings. The van der Waals surface area contributed by atoms with E-state index in [-0.39, 0.29) is 18.0 Å². The zero-order valence-corrected chi connectivity index (χ0v) is 10.1. The molecule has 0 saturated heterocycles. The summed E-state index contributed by atoms with van der Waals surface area (Å²) >= 11 is 0. The fraction of sp³-hybridized carbons (Fsp3) is 0.154. The van der Waals surface area contributed by atoms with Crippen LogP contribution in [-0.2, 0) is 4.74 Å². The summed E-state index contributed by atoms with van der Waals surface area (Å²) in [5.74, 6) is -0.544. The largest absolute Gasteiger partial charge is 0.461 e. The van der Waals surface area contributed by atoms with Gasteiger partial charge in [-0.05, 0) is 19.1 Å². The van der Waals surface area contributed by atoms with E-state index in [0.29, 0.717) is 10.9 Å². The fourth-order valence-electron chi connectivity index (χ4n) is 1.89. The minimum absolute atomic E-state index is 0.112. The van der Waals surface area contributed by atoms with Crippen LogP contribution in [0.2, 0.25) is 0 Å². The number of hydrogen-bond acceptors (Lipinski definition) is 5. The molecule has 0 aliphatic rings. The van der Waals surface area contributed by atoms with E-state index >= 15 is 0 Å². The summed E-state index contributed by atoms with van der Waals surface area (Å²) in [5, 5.41) is 4.52. The van der Waals surface area contributed by atoms with E-state index in [1.54, 1.807) is 31.2 Å². The molecule has 0 radical (unpaired) electrons. The minimum Gasteiger partial charge on any atom is -0.461 e. The summed E-state index contributed by atoms with van der Waals surface area (Å²) in [7, 11) is 0. The molecule has 0 N–H and O–H groups in total. The van der Waals surface area contributed by atoms with Crippen LogP contribution in [0.3, 0.4) is 0 Å². The number of carbonyl (C=O) groups excluding carboxylic acids is 1. The van der Waals surface area contributed by atoms with Gasteiger partial charge in [0.15, 0.2) is 5.69 Å². The highest BCUT2D eigenvalue weighted by Gasteiger charge is 2.15. The van der Waals surface area contributed by atoms with Gasteiger partial charge >= 0.3 is 11.6 Å². The highest BCUT2D eigenvalue weighted by molar-refractivity contribution is 5.89. The molecule has 2 aromatic heterocycles. The first kappa shape index (κ1) is 11.5. The predicted octanol–water partition coefficient (Wildman–Crippen LogP) is 1.62. The van der Waals surface area contributed by atoms with Crippen molar-refractivity contribution in [3.63, 3.8) is 0 Å². The fourth-order valence-corrected chi connectivity index (χ4v) is 1.89. The van der Waals surface area contributed by atoms with Crippen LogP contribution in [0.4, 0.5) is 0 Å². The molecule has 1 aromatic carbocycles. The van der Waals surface area contributed by atoms with E-state index in [0.717, 1.165) is 0 Å². The molecule has 0 unspecified atom stereocenters. The lowest BCUT2D eigenvalue weighted by Crippen LogP contribution is -2.06. The normalized spacial score (nSPS) is 11.0. The van der Waals surface area contributed by atoms with Gasteiger partial charge in [-0.3, -0.25) is 0 Å². The highest BCUT2D eigenvalue weighted by Crippen LogP contribution is 2.14. The van der Waals surface area contributed by atoms with Crippen molar-refractivity contribution in [1.29, 1.82) is 0 Å². The quantitative estimate of drug-likeness (QED) is 0.653. The Balaban J connectivity index is 2.31. The molecule has 0 aliphatic carbocycles. The van der Waals surface area contributed by atoms with E-state index < -0.39 is 11.6 Å². The second kappa shape index (κ2) is 4.24. The van der Waals surface area contributed by atoms with Gasteiger partial charge in [0.05, 0.1) is 17.5 Å². The molecule has 19 heavy (non-hydrogen) atoms. The molecule has 0 spiro atoms. The maximum Gasteiger partial charge on any atom is 0.358 e. The third-order valence-corrected chi connectivity index (χ3v) is 2.71. The Morgan fingerprint density at radius 3 is 3.00 bits per heavy atom. The summed E-state index contributed by atoms with van der Waals surface area (Å²) in [5.41, 5.74) is 0.454. The summed E-state index contributed by atoms with van der Waals surface area (Å²) in [6, 6.07) is 8.30.